The van der Waals surface area contributed by atoms with Gasteiger partial charge in [0, 0.05) is 0 Å². The van der Waals surface area contributed by atoms with E-state index in [0.29, 0.717) is 66.1 Å². The Balaban J connectivity index is 1.79. The van der Waals surface area contributed by atoms with Crippen molar-refractivity contribution in [2.75, 3.05) is 66.1 Å². The Kier molecular flexibility index (Phi) is 14.1. The molecule has 0 saturated carbocycles. The first-order valence-corrected chi connectivity index (χ1v) is 8.57. The minimum Gasteiger partial charge on any atom is -0.394 e. The van der Waals surface area contributed by atoms with E-state index in [1.54, 1.807) is 0 Å². The fourth-order valence-corrected chi connectivity index (χ4v) is 1.88. The summed E-state index contributed by atoms with van der Waals surface area (Å²) in [6.45, 7) is 8.92. The summed E-state index contributed by atoms with van der Waals surface area (Å²) in [7, 11) is 0. The van der Waals surface area contributed by atoms with Crippen molar-refractivity contribution in [2.24, 2.45) is 0 Å². The number of aliphatic hydroxyl groups excluding tert-OH is 1. The van der Waals surface area contributed by atoms with Crippen molar-refractivity contribution in [3.63, 3.8) is 0 Å². The maximum Gasteiger partial charge on any atom is 0.0718 e. The van der Waals surface area contributed by atoms with Gasteiger partial charge in [-0.1, -0.05) is 36.9 Å². The van der Waals surface area contributed by atoms with Crippen LogP contribution in [0.4, 0.5) is 0 Å². The van der Waals surface area contributed by atoms with Gasteiger partial charge in [0.25, 0.3) is 0 Å². The van der Waals surface area contributed by atoms with Crippen molar-refractivity contribution in [1.82, 2.24) is 0 Å². The van der Waals surface area contributed by atoms with E-state index in [9.17, 15) is 0 Å². The molecule has 0 saturated heterocycles. The van der Waals surface area contributed by atoms with Crippen LogP contribution < -0.4 is 0 Å². The zero-order valence-corrected chi connectivity index (χ0v) is 14.9. The third-order valence-electron chi connectivity index (χ3n) is 3.21. The lowest BCUT2D eigenvalue weighted by Gasteiger charge is -2.08. The van der Waals surface area contributed by atoms with Gasteiger partial charge in [-0.05, 0) is 11.1 Å². The van der Waals surface area contributed by atoms with Gasteiger partial charge in [-0.2, -0.15) is 0 Å². The summed E-state index contributed by atoms with van der Waals surface area (Å²) in [4.78, 5) is 0. The Labute approximate surface area is 150 Å². The van der Waals surface area contributed by atoms with Gasteiger partial charge in [-0.15, -0.1) is 0 Å². The second kappa shape index (κ2) is 16.2. The van der Waals surface area contributed by atoms with Crippen LogP contribution in [0.1, 0.15) is 11.1 Å². The molecule has 25 heavy (non-hydrogen) atoms. The van der Waals surface area contributed by atoms with Crippen LogP contribution in [-0.2, 0) is 30.3 Å². The molecule has 1 N–H and O–H groups in total. The number of ether oxygens (including phenoxy) is 5. The smallest absolute Gasteiger partial charge is 0.0718 e. The third kappa shape index (κ3) is 12.7. The Morgan fingerprint density at radius 2 is 1.12 bits per heavy atom. The molecular formula is C19H30O6. The van der Waals surface area contributed by atoms with Crippen molar-refractivity contribution in [3.8, 4) is 0 Å². The predicted molar refractivity (Wildman–Crippen MR) is 96.6 cm³/mol. The monoisotopic (exact) mass is 354 g/mol. The van der Waals surface area contributed by atoms with Gasteiger partial charge in [-0.25, -0.2) is 0 Å². The maximum atomic E-state index is 8.52. The Morgan fingerprint density at radius 1 is 0.680 bits per heavy atom. The van der Waals surface area contributed by atoms with Crippen molar-refractivity contribution in [3.05, 3.63) is 42.0 Å². The first-order valence-electron chi connectivity index (χ1n) is 8.57. The molecule has 0 amide bonds. The molecule has 1 rings (SSSR count). The second-order valence-electron chi connectivity index (χ2n) is 5.17. The van der Waals surface area contributed by atoms with Gasteiger partial charge in [0.15, 0.2) is 0 Å². The van der Waals surface area contributed by atoms with Crippen molar-refractivity contribution < 1.29 is 28.8 Å². The first kappa shape index (κ1) is 21.8. The molecule has 0 unspecified atom stereocenters. The minimum atomic E-state index is 0.0387. The van der Waals surface area contributed by atoms with E-state index in [0.717, 1.165) is 11.1 Å². The summed E-state index contributed by atoms with van der Waals surface area (Å²) < 4.78 is 26.7. The highest BCUT2D eigenvalue weighted by Gasteiger charge is 1.95. The van der Waals surface area contributed by atoms with E-state index in [-0.39, 0.29) is 6.61 Å². The van der Waals surface area contributed by atoms with Crippen molar-refractivity contribution in [1.29, 1.82) is 0 Å². The molecule has 0 atom stereocenters. The summed E-state index contributed by atoms with van der Waals surface area (Å²) in [5.41, 5.74) is 2.24. The Bertz CT molecular complexity index is 420. The molecule has 0 spiro atoms. The van der Waals surface area contributed by atoms with E-state index in [4.69, 9.17) is 28.8 Å². The molecule has 0 radical (unpaired) electrons. The molecule has 0 bridgehead atoms. The highest BCUT2D eigenvalue weighted by molar-refractivity contribution is 5.47. The van der Waals surface area contributed by atoms with Gasteiger partial charge < -0.3 is 28.8 Å². The molecule has 0 aliphatic rings. The molecule has 6 heteroatoms. The van der Waals surface area contributed by atoms with E-state index >= 15 is 0 Å². The van der Waals surface area contributed by atoms with Crippen LogP contribution in [0.3, 0.4) is 0 Å². The van der Waals surface area contributed by atoms with Gasteiger partial charge in [-0.3, -0.25) is 0 Å². The highest BCUT2D eigenvalue weighted by Crippen LogP contribution is 2.06. The Hall–Kier alpha value is -1.28. The van der Waals surface area contributed by atoms with E-state index in [1.807, 2.05) is 30.3 Å². The quantitative estimate of drug-likeness (QED) is 0.431. The summed E-state index contributed by atoms with van der Waals surface area (Å²) in [5.74, 6) is 0. The summed E-state index contributed by atoms with van der Waals surface area (Å²) in [6, 6.07) is 8.11. The van der Waals surface area contributed by atoms with E-state index < -0.39 is 0 Å². The van der Waals surface area contributed by atoms with Gasteiger partial charge in [0.05, 0.1) is 72.7 Å². The molecule has 6 nitrogen and oxygen atoms in total. The number of hydrogen-bond donors (Lipinski definition) is 1. The summed E-state index contributed by atoms with van der Waals surface area (Å²) in [5, 5.41) is 8.52. The maximum absolute atomic E-state index is 8.52. The molecule has 0 aromatic heterocycles. The van der Waals surface area contributed by atoms with Crippen molar-refractivity contribution >= 4 is 6.08 Å². The van der Waals surface area contributed by atoms with E-state index in [1.165, 1.54) is 0 Å². The molecule has 0 heterocycles. The number of benzene rings is 1. The topological polar surface area (TPSA) is 66.4 Å². The SMILES string of the molecule is C=Cc1ccc(COCCOCCOCCOCCOCCO)cc1. The molecule has 1 aromatic carbocycles. The summed E-state index contributed by atoms with van der Waals surface area (Å²) in [6.07, 6.45) is 1.82. The fourth-order valence-electron chi connectivity index (χ4n) is 1.88. The minimum absolute atomic E-state index is 0.0387. The normalized spacial score (nSPS) is 10.9. The lowest BCUT2D eigenvalue weighted by atomic mass is 10.1. The van der Waals surface area contributed by atoms with Crippen LogP contribution in [0.2, 0.25) is 0 Å². The lowest BCUT2D eigenvalue weighted by Crippen LogP contribution is -2.13. The van der Waals surface area contributed by atoms with E-state index in [2.05, 4.69) is 6.58 Å². The van der Waals surface area contributed by atoms with Crippen LogP contribution in [-0.4, -0.2) is 71.2 Å². The zero-order chi connectivity index (χ0) is 18.0. The number of aliphatic hydroxyl groups is 1. The standard InChI is InChI=1S/C19H30O6/c1-2-18-3-5-19(6-4-18)17-25-16-15-24-14-13-23-12-11-22-10-9-21-8-7-20/h2-6,20H,1,7-17H2. The molecule has 1 aromatic rings. The third-order valence-corrected chi connectivity index (χ3v) is 3.21. The van der Waals surface area contributed by atoms with Crippen LogP contribution in [0.25, 0.3) is 6.08 Å². The molecule has 142 valence electrons. The Morgan fingerprint density at radius 3 is 1.56 bits per heavy atom. The fraction of sp³-hybridized carbons (Fsp3) is 0.579. The van der Waals surface area contributed by atoms with Gasteiger partial charge >= 0.3 is 0 Å². The highest BCUT2D eigenvalue weighted by atomic mass is 16.6. The van der Waals surface area contributed by atoms with Crippen LogP contribution in [0.15, 0.2) is 30.8 Å². The molecule has 0 aliphatic heterocycles. The van der Waals surface area contributed by atoms with Gasteiger partial charge in [0.1, 0.15) is 0 Å². The summed E-state index contributed by atoms with van der Waals surface area (Å²) >= 11 is 0. The van der Waals surface area contributed by atoms with Gasteiger partial charge in [0.2, 0.25) is 0 Å². The molecular weight excluding hydrogens is 324 g/mol. The lowest BCUT2D eigenvalue weighted by molar-refractivity contribution is -0.0145. The van der Waals surface area contributed by atoms with Crippen LogP contribution in [0, 0.1) is 0 Å². The second-order valence-corrected chi connectivity index (χ2v) is 5.17. The average Bonchev–Trinajstić information content (AvgIpc) is 2.65. The first-order chi connectivity index (χ1) is 12.4. The van der Waals surface area contributed by atoms with Crippen molar-refractivity contribution in [2.45, 2.75) is 6.61 Å². The largest absolute Gasteiger partial charge is 0.394 e. The number of rotatable bonds is 17. The van der Waals surface area contributed by atoms with Crippen LogP contribution in [0.5, 0.6) is 0 Å². The number of hydrogen-bond acceptors (Lipinski definition) is 6. The molecule has 0 fully saturated rings. The predicted octanol–water partition coefficient (Wildman–Crippen LogP) is 1.90. The van der Waals surface area contributed by atoms with Crippen LogP contribution >= 0.6 is 0 Å². The average molecular weight is 354 g/mol. The molecule has 0 aliphatic carbocycles. The zero-order valence-electron chi connectivity index (χ0n) is 14.9.